The standard InChI is InChI=1S/C7H16S2/c1-9(2,3)8-7-5-4-6-7/h7H,4-6H2,1-3H3. The molecule has 1 aliphatic carbocycles. The van der Waals surface area contributed by atoms with Gasteiger partial charge in [0.05, 0.1) is 0 Å². The Morgan fingerprint density at radius 3 is 1.89 bits per heavy atom. The molecule has 0 aliphatic heterocycles. The normalized spacial score (nSPS) is 23.4. The smallest absolute Gasteiger partial charge is 0.0136 e. The van der Waals surface area contributed by atoms with Crippen LogP contribution in [-0.4, -0.2) is 24.0 Å². The van der Waals surface area contributed by atoms with Gasteiger partial charge in [0.25, 0.3) is 0 Å². The molecule has 9 heavy (non-hydrogen) atoms. The van der Waals surface area contributed by atoms with E-state index in [0.717, 1.165) is 5.25 Å². The molecule has 0 N–H and O–H groups in total. The molecule has 2 heteroatoms. The molecule has 0 aromatic rings. The fourth-order valence-electron chi connectivity index (χ4n) is 0.875. The monoisotopic (exact) mass is 164 g/mol. The summed E-state index contributed by atoms with van der Waals surface area (Å²) < 4.78 is 0. The Hall–Kier alpha value is 0.700. The van der Waals surface area contributed by atoms with E-state index in [1.54, 1.807) is 0 Å². The summed E-state index contributed by atoms with van der Waals surface area (Å²) in [5.41, 5.74) is 0. The first-order chi connectivity index (χ1) is 4.08. The molecule has 0 unspecified atom stereocenters. The van der Waals surface area contributed by atoms with Crippen molar-refractivity contribution in [3.63, 3.8) is 0 Å². The molecule has 0 atom stereocenters. The maximum absolute atomic E-state index is 2.38. The maximum Gasteiger partial charge on any atom is 0.0136 e. The molecule has 0 aromatic heterocycles. The number of hydrogen-bond acceptors (Lipinski definition) is 1. The van der Waals surface area contributed by atoms with Gasteiger partial charge in [-0.05, 0) is 31.6 Å². The highest BCUT2D eigenvalue weighted by molar-refractivity contribution is 8.93. The van der Waals surface area contributed by atoms with Crippen molar-refractivity contribution in [2.45, 2.75) is 24.5 Å². The van der Waals surface area contributed by atoms with Gasteiger partial charge in [-0.2, -0.15) is 0 Å². The van der Waals surface area contributed by atoms with Crippen molar-refractivity contribution in [3.8, 4) is 0 Å². The van der Waals surface area contributed by atoms with E-state index < -0.39 is 0 Å². The van der Waals surface area contributed by atoms with E-state index in [1.807, 2.05) is 0 Å². The third kappa shape index (κ3) is 2.85. The van der Waals surface area contributed by atoms with E-state index >= 15 is 0 Å². The molecule has 0 nitrogen and oxygen atoms in total. The Labute approximate surface area is 63.5 Å². The molecular weight excluding hydrogens is 148 g/mol. The summed E-state index contributed by atoms with van der Waals surface area (Å²) in [6.07, 6.45) is 11.6. The summed E-state index contributed by atoms with van der Waals surface area (Å²) in [6.45, 7) is 0. The predicted molar refractivity (Wildman–Crippen MR) is 50.6 cm³/mol. The topological polar surface area (TPSA) is 0 Å². The molecule has 1 saturated carbocycles. The highest BCUT2D eigenvalue weighted by Gasteiger charge is 2.21. The second kappa shape index (κ2) is 2.75. The summed E-state index contributed by atoms with van der Waals surface area (Å²) in [5.74, 6) is 0. The SMILES string of the molecule is CS(C)(C)SC1CCC1. The lowest BCUT2D eigenvalue weighted by Gasteiger charge is -2.34. The molecule has 1 rings (SSSR count). The van der Waals surface area contributed by atoms with Crippen LogP contribution in [0.1, 0.15) is 19.3 Å². The predicted octanol–water partition coefficient (Wildman–Crippen LogP) is 2.88. The first-order valence-corrected chi connectivity index (χ1v) is 7.70. The van der Waals surface area contributed by atoms with Crippen molar-refractivity contribution in [2.24, 2.45) is 0 Å². The highest BCUT2D eigenvalue weighted by Crippen LogP contribution is 2.55. The summed E-state index contributed by atoms with van der Waals surface area (Å²) in [4.78, 5) is 0. The minimum absolute atomic E-state index is 0.268. The van der Waals surface area contributed by atoms with Gasteiger partial charge >= 0.3 is 0 Å². The Morgan fingerprint density at radius 2 is 1.78 bits per heavy atom. The molecule has 56 valence electrons. The van der Waals surface area contributed by atoms with E-state index in [0.29, 0.717) is 0 Å². The van der Waals surface area contributed by atoms with Crippen molar-refractivity contribution < 1.29 is 0 Å². The number of hydrogen-bond donors (Lipinski definition) is 0. The largest absolute Gasteiger partial charge is 0.201 e. The lowest BCUT2D eigenvalue weighted by Crippen LogP contribution is -2.14. The molecule has 0 bridgehead atoms. The quantitative estimate of drug-likeness (QED) is 0.566. The fourth-order valence-corrected chi connectivity index (χ4v) is 5.24. The van der Waals surface area contributed by atoms with Crippen molar-refractivity contribution >= 4 is 19.9 Å². The van der Waals surface area contributed by atoms with Crippen LogP contribution in [0.2, 0.25) is 0 Å². The summed E-state index contributed by atoms with van der Waals surface area (Å²) >= 11 is 0. The third-order valence-corrected chi connectivity index (χ3v) is 5.35. The van der Waals surface area contributed by atoms with Gasteiger partial charge in [0, 0.05) is 5.25 Å². The van der Waals surface area contributed by atoms with Gasteiger partial charge in [-0.1, -0.05) is 6.42 Å². The van der Waals surface area contributed by atoms with E-state index in [1.165, 1.54) is 19.3 Å². The van der Waals surface area contributed by atoms with Crippen molar-refractivity contribution in [2.75, 3.05) is 18.8 Å². The molecule has 0 spiro atoms. The molecule has 0 radical (unpaired) electrons. The fraction of sp³-hybridized carbons (Fsp3) is 1.00. The Balaban J connectivity index is 2.16. The Bertz CT molecular complexity index is 89.6. The minimum Gasteiger partial charge on any atom is -0.201 e. The minimum atomic E-state index is -0.268. The molecule has 0 saturated heterocycles. The van der Waals surface area contributed by atoms with E-state index in [4.69, 9.17) is 0 Å². The van der Waals surface area contributed by atoms with Crippen LogP contribution in [0.3, 0.4) is 0 Å². The second-order valence-corrected chi connectivity index (χ2v) is 11.3. The van der Waals surface area contributed by atoms with Gasteiger partial charge in [0.15, 0.2) is 0 Å². The Kier molecular flexibility index (Phi) is 2.38. The van der Waals surface area contributed by atoms with Gasteiger partial charge in [0.2, 0.25) is 0 Å². The zero-order chi connectivity index (χ0) is 6.91. The first kappa shape index (κ1) is 7.80. The highest BCUT2D eigenvalue weighted by atomic mass is 33.2. The zero-order valence-corrected chi connectivity index (χ0v) is 8.15. The van der Waals surface area contributed by atoms with Gasteiger partial charge in [0.1, 0.15) is 0 Å². The van der Waals surface area contributed by atoms with Gasteiger partial charge in [-0.3, -0.25) is 0 Å². The van der Waals surface area contributed by atoms with Crippen molar-refractivity contribution in [3.05, 3.63) is 0 Å². The second-order valence-electron chi connectivity index (χ2n) is 3.37. The van der Waals surface area contributed by atoms with Gasteiger partial charge in [-0.25, -0.2) is 9.06 Å². The van der Waals surface area contributed by atoms with Crippen molar-refractivity contribution in [1.82, 2.24) is 0 Å². The first-order valence-electron chi connectivity index (χ1n) is 3.44. The van der Waals surface area contributed by atoms with Crippen LogP contribution in [0, 0.1) is 0 Å². The van der Waals surface area contributed by atoms with Crippen LogP contribution in [0.5, 0.6) is 0 Å². The maximum atomic E-state index is 2.38. The third-order valence-electron chi connectivity index (χ3n) is 1.48. The van der Waals surface area contributed by atoms with Gasteiger partial charge < -0.3 is 0 Å². The molecule has 0 heterocycles. The average Bonchev–Trinajstić information content (AvgIpc) is 1.53. The van der Waals surface area contributed by atoms with E-state index in [2.05, 4.69) is 29.6 Å². The lowest BCUT2D eigenvalue weighted by molar-refractivity contribution is 0.524. The van der Waals surface area contributed by atoms with Gasteiger partial charge in [-0.15, -0.1) is 10.8 Å². The Morgan fingerprint density at radius 1 is 1.22 bits per heavy atom. The summed E-state index contributed by atoms with van der Waals surface area (Å²) in [5, 5.41) is 1.03. The van der Waals surface area contributed by atoms with Crippen molar-refractivity contribution in [1.29, 1.82) is 0 Å². The van der Waals surface area contributed by atoms with Crippen LogP contribution >= 0.6 is 19.9 Å². The van der Waals surface area contributed by atoms with E-state index in [-0.39, 0.29) is 9.06 Å². The molecule has 1 fully saturated rings. The molecule has 0 aromatic carbocycles. The molecule has 1 aliphatic rings. The van der Waals surface area contributed by atoms with Crippen LogP contribution in [0.15, 0.2) is 0 Å². The van der Waals surface area contributed by atoms with Crippen LogP contribution < -0.4 is 0 Å². The van der Waals surface area contributed by atoms with Crippen LogP contribution in [0.4, 0.5) is 0 Å². The van der Waals surface area contributed by atoms with Crippen LogP contribution in [-0.2, 0) is 0 Å². The molecular formula is C7H16S2. The lowest BCUT2D eigenvalue weighted by atomic mass is 10.0. The molecule has 0 amide bonds. The zero-order valence-electron chi connectivity index (χ0n) is 6.52. The van der Waals surface area contributed by atoms with E-state index in [9.17, 15) is 0 Å². The number of rotatable bonds is 2. The van der Waals surface area contributed by atoms with Crippen LogP contribution in [0.25, 0.3) is 0 Å². The average molecular weight is 164 g/mol. The summed E-state index contributed by atoms with van der Waals surface area (Å²) in [6, 6.07) is 0. The summed E-state index contributed by atoms with van der Waals surface area (Å²) in [7, 11) is 1.96.